The van der Waals surface area contributed by atoms with Crippen LogP contribution in [0.25, 0.3) is 6.08 Å². The van der Waals surface area contributed by atoms with Crippen molar-refractivity contribution >= 4 is 22.0 Å². The van der Waals surface area contributed by atoms with Gasteiger partial charge >= 0.3 is 0 Å². The van der Waals surface area contributed by atoms with Crippen LogP contribution < -0.4 is 0 Å². The van der Waals surface area contributed by atoms with Crippen molar-refractivity contribution in [1.29, 1.82) is 0 Å². The SMILES string of the molecule is C=Cc1[nH]c(C(C)C)c(Br)c1F. The lowest BCUT2D eigenvalue weighted by molar-refractivity contribution is 0.620. The molecule has 0 atom stereocenters. The average Bonchev–Trinajstić information content (AvgIpc) is 2.30. The summed E-state index contributed by atoms with van der Waals surface area (Å²) in [5, 5.41) is 0. The molecule has 1 rings (SSSR count). The molecule has 12 heavy (non-hydrogen) atoms. The van der Waals surface area contributed by atoms with E-state index in [0.717, 1.165) is 5.69 Å². The van der Waals surface area contributed by atoms with Gasteiger partial charge in [-0.05, 0) is 27.9 Å². The first-order valence-electron chi connectivity index (χ1n) is 3.77. The number of aromatic nitrogens is 1. The van der Waals surface area contributed by atoms with E-state index in [-0.39, 0.29) is 11.7 Å². The molecule has 1 N–H and O–H groups in total. The summed E-state index contributed by atoms with van der Waals surface area (Å²) < 4.78 is 13.8. The molecule has 0 bridgehead atoms. The molecule has 0 aliphatic rings. The Morgan fingerprint density at radius 3 is 2.42 bits per heavy atom. The molecule has 0 spiro atoms. The van der Waals surface area contributed by atoms with Crippen molar-refractivity contribution < 1.29 is 4.39 Å². The fourth-order valence-electron chi connectivity index (χ4n) is 1.03. The van der Waals surface area contributed by atoms with Crippen LogP contribution in [-0.2, 0) is 0 Å². The number of halogens is 2. The van der Waals surface area contributed by atoms with Crippen molar-refractivity contribution in [3.05, 3.63) is 28.3 Å². The Bertz CT molecular complexity index is 302. The van der Waals surface area contributed by atoms with E-state index in [2.05, 4.69) is 27.5 Å². The van der Waals surface area contributed by atoms with E-state index >= 15 is 0 Å². The third-order valence-electron chi connectivity index (χ3n) is 1.72. The molecule has 1 aromatic rings. The highest BCUT2D eigenvalue weighted by Gasteiger charge is 2.15. The van der Waals surface area contributed by atoms with E-state index in [4.69, 9.17) is 0 Å². The molecule has 0 radical (unpaired) electrons. The summed E-state index contributed by atoms with van der Waals surface area (Å²) in [5.41, 5.74) is 1.33. The van der Waals surface area contributed by atoms with Gasteiger partial charge in [0.15, 0.2) is 5.82 Å². The summed E-state index contributed by atoms with van der Waals surface area (Å²) in [5.74, 6) is 0.0243. The van der Waals surface area contributed by atoms with Crippen molar-refractivity contribution in [3.63, 3.8) is 0 Å². The van der Waals surface area contributed by atoms with Gasteiger partial charge in [0.05, 0.1) is 10.2 Å². The van der Waals surface area contributed by atoms with Crippen LogP contribution in [0.5, 0.6) is 0 Å². The van der Waals surface area contributed by atoms with E-state index in [1.165, 1.54) is 6.08 Å². The fourth-order valence-corrected chi connectivity index (χ4v) is 1.80. The predicted octanol–water partition coefficient (Wildman–Crippen LogP) is 3.68. The van der Waals surface area contributed by atoms with Crippen LogP contribution in [0.1, 0.15) is 31.2 Å². The van der Waals surface area contributed by atoms with E-state index in [9.17, 15) is 4.39 Å². The molecule has 0 saturated heterocycles. The number of H-pyrrole nitrogens is 1. The Kier molecular flexibility index (Phi) is 2.73. The Balaban J connectivity index is 3.24. The van der Waals surface area contributed by atoms with Gasteiger partial charge in [0.25, 0.3) is 0 Å². The Morgan fingerprint density at radius 2 is 2.17 bits per heavy atom. The monoisotopic (exact) mass is 231 g/mol. The zero-order valence-corrected chi connectivity index (χ0v) is 8.70. The first-order chi connectivity index (χ1) is 5.57. The first-order valence-corrected chi connectivity index (χ1v) is 4.56. The third-order valence-corrected chi connectivity index (χ3v) is 2.49. The van der Waals surface area contributed by atoms with Crippen LogP contribution in [0.3, 0.4) is 0 Å². The molecule has 1 aromatic heterocycles. The second-order valence-electron chi connectivity index (χ2n) is 2.94. The number of aromatic amines is 1. The third kappa shape index (κ3) is 1.46. The molecule has 0 unspecified atom stereocenters. The van der Waals surface area contributed by atoms with Crippen molar-refractivity contribution in [3.8, 4) is 0 Å². The summed E-state index contributed by atoms with van der Waals surface area (Å²) in [6, 6.07) is 0. The molecular formula is C9H11BrFN. The van der Waals surface area contributed by atoms with Crippen LogP contribution in [0.2, 0.25) is 0 Å². The summed E-state index contributed by atoms with van der Waals surface area (Å²) in [6.45, 7) is 7.52. The van der Waals surface area contributed by atoms with Crippen molar-refractivity contribution in [1.82, 2.24) is 4.98 Å². The van der Waals surface area contributed by atoms with Crippen LogP contribution in [0.4, 0.5) is 4.39 Å². The van der Waals surface area contributed by atoms with Crippen molar-refractivity contribution in [2.24, 2.45) is 0 Å². The summed E-state index contributed by atoms with van der Waals surface area (Å²) in [6.07, 6.45) is 1.48. The quantitative estimate of drug-likeness (QED) is 0.800. The molecule has 0 aromatic carbocycles. The molecule has 0 aliphatic heterocycles. The maximum atomic E-state index is 13.2. The number of hydrogen-bond donors (Lipinski definition) is 1. The highest BCUT2D eigenvalue weighted by Crippen LogP contribution is 2.29. The minimum Gasteiger partial charge on any atom is -0.355 e. The van der Waals surface area contributed by atoms with Crippen LogP contribution in [0, 0.1) is 5.82 Å². The lowest BCUT2D eigenvalue weighted by Crippen LogP contribution is -1.87. The molecule has 1 heterocycles. The van der Waals surface area contributed by atoms with E-state index in [0.29, 0.717) is 10.2 Å². The smallest absolute Gasteiger partial charge is 0.162 e. The molecule has 0 saturated carbocycles. The van der Waals surface area contributed by atoms with Gasteiger partial charge in [-0.15, -0.1) is 0 Å². The molecule has 0 amide bonds. The van der Waals surface area contributed by atoms with E-state index in [1.807, 2.05) is 13.8 Å². The standard InChI is InChI=1S/C9H11BrFN/c1-4-6-8(11)7(10)9(12-6)5(2)3/h4-5,12H,1H2,2-3H3. The summed E-state index contributed by atoms with van der Waals surface area (Å²) in [7, 11) is 0. The summed E-state index contributed by atoms with van der Waals surface area (Å²) in [4.78, 5) is 2.96. The minimum atomic E-state index is -0.256. The van der Waals surface area contributed by atoms with Gasteiger partial charge in [0.1, 0.15) is 0 Å². The van der Waals surface area contributed by atoms with Gasteiger partial charge in [-0.2, -0.15) is 0 Å². The topological polar surface area (TPSA) is 15.8 Å². The highest BCUT2D eigenvalue weighted by atomic mass is 79.9. The molecule has 66 valence electrons. The van der Waals surface area contributed by atoms with Gasteiger partial charge in [0, 0.05) is 5.69 Å². The first kappa shape index (κ1) is 9.52. The van der Waals surface area contributed by atoms with Gasteiger partial charge in [-0.25, -0.2) is 4.39 Å². The molecule has 3 heteroatoms. The maximum absolute atomic E-state index is 13.2. The zero-order valence-electron chi connectivity index (χ0n) is 7.12. The lowest BCUT2D eigenvalue weighted by Gasteiger charge is -2.00. The Morgan fingerprint density at radius 1 is 1.58 bits per heavy atom. The maximum Gasteiger partial charge on any atom is 0.162 e. The van der Waals surface area contributed by atoms with Gasteiger partial charge < -0.3 is 4.98 Å². The second kappa shape index (κ2) is 3.44. The average molecular weight is 232 g/mol. The predicted molar refractivity (Wildman–Crippen MR) is 52.6 cm³/mol. The summed E-state index contributed by atoms with van der Waals surface area (Å²) >= 11 is 3.19. The van der Waals surface area contributed by atoms with Crippen molar-refractivity contribution in [2.75, 3.05) is 0 Å². The lowest BCUT2D eigenvalue weighted by atomic mass is 10.1. The Labute approximate surface area is 79.8 Å². The van der Waals surface area contributed by atoms with E-state index < -0.39 is 0 Å². The van der Waals surface area contributed by atoms with Gasteiger partial charge in [-0.1, -0.05) is 20.4 Å². The normalized spacial score (nSPS) is 10.8. The van der Waals surface area contributed by atoms with Gasteiger partial charge in [0.2, 0.25) is 0 Å². The molecule has 0 aliphatic carbocycles. The minimum absolute atomic E-state index is 0.256. The molecule has 0 fully saturated rings. The number of hydrogen-bond acceptors (Lipinski definition) is 0. The fraction of sp³-hybridized carbons (Fsp3) is 0.333. The largest absolute Gasteiger partial charge is 0.355 e. The second-order valence-corrected chi connectivity index (χ2v) is 3.73. The highest BCUT2D eigenvalue weighted by molar-refractivity contribution is 9.10. The van der Waals surface area contributed by atoms with Crippen LogP contribution in [-0.4, -0.2) is 4.98 Å². The van der Waals surface area contributed by atoms with Crippen molar-refractivity contribution in [2.45, 2.75) is 19.8 Å². The molecular weight excluding hydrogens is 221 g/mol. The number of nitrogens with one attached hydrogen (secondary N) is 1. The number of rotatable bonds is 2. The molecule has 1 nitrogen and oxygen atoms in total. The van der Waals surface area contributed by atoms with E-state index in [1.54, 1.807) is 0 Å². The van der Waals surface area contributed by atoms with Gasteiger partial charge in [-0.3, -0.25) is 0 Å². The van der Waals surface area contributed by atoms with Crippen LogP contribution >= 0.6 is 15.9 Å². The zero-order chi connectivity index (χ0) is 9.30. The van der Waals surface area contributed by atoms with Crippen LogP contribution in [0.15, 0.2) is 11.1 Å². The Hall–Kier alpha value is -0.570.